The third kappa shape index (κ3) is 3.25. The zero-order valence-electron chi connectivity index (χ0n) is 13.0. The van der Waals surface area contributed by atoms with E-state index < -0.39 is 0 Å². The Morgan fingerprint density at radius 3 is 2.36 bits per heavy atom. The number of rotatable bonds is 5. The summed E-state index contributed by atoms with van der Waals surface area (Å²) in [5, 5.41) is 20.0. The Morgan fingerprint density at radius 2 is 1.73 bits per heavy atom. The Morgan fingerprint density at radius 1 is 1.05 bits per heavy atom. The Labute approximate surface area is 131 Å². The van der Waals surface area contributed by atoms with Gasteiger partial charge in [-0.05, 0) is 43.9 Å². The van der Waals surface area contributed by atoms with Gasteiger partial charge < -0.3 is 14.9 Å². The van der Waals surface area contributed by atoms with Crippen LogP contribution in [0.25, 0.3) is 0 Å². The van der Waals surface area contributed by atoms with E-state index in [9.17, 15) is 10.2 Å². The second-order valence-electron chi connectivity index (χ2n) is 6.50. The molecule has 0 saturated carbocycles. The van der Waals surface area contributed by atoms with Crippen molar-refractivity contribution in [3.8, 4) is 11.5 Å². The molecule has 2 aromatic rings. The zero-order chi connectivity index (χ0) is 15.7. The van der Waals surface area contributed by atoms with Crippen molar-refractivity contribution in [1.82, 2.24) is 0 Å². The summed E-state index contributed by atoms with van der Waals surface area (Å²) in [7, 11) is 0. The summed E-state index contributed by atoms with van der Waals surface area (Å²) in [5.41, 5.74) is 3.03. The number of hydrogen-bond acceptors (Lipinski definition) is 3. The summed E-state index contributed by atoms with van der Waals surface area (Å²) in [6.07, 6.45) is 2.49. The van der Waals surface area contributed by atoms with Gasteiger partial charge in [0.1, 0.15) is 11.5 Å². The van der Waals surface area contributed by atoms with Crippen molar-refractivity contribution in [2.24, 2.45) is 0 Å². The van der Waals surface area contributed by atoms with Crippen LogP contribution in [0.5, 0.6) is 11.5 Å². The first kappa shape index (κ1) is 14.9. The maximum atomic E-state index is 10.2. The fourth-order valence-electron chi connectivity index (χ4n) is 2.89. The molecule has 3 heteroatoms. The Kier molecular flexibility index (Phi) is 3.83. The molecule has 116 valence electrons. The van der Waals surface area contributed by atoms with Crippen LogP contribution in [0.2, 0.25) is 0 Å². The highest BCUT2D eigenvalue weighted by Crippen LogP contribution is 2.40. The molecule has 1 heterocycles. The molecule has 0 unspecified atom stereocenters. The third-order valence-electron chi connectivity index (χ3n) is 4.38. The number of hydrogen-bond donors (Lipinski definition) is 2. The van der Waals surface area contributed by atoms with Gasteiger partial charge in [0.2, 0.25) is 0 Å². The molecular weight excluding hydrogens is 276 g/mol. The second-order valence-corrected chi connectivity index (χ2v) is 6.50. The van der Waals surface area contributed by atoms with Crippen LogP contribution in [-0.2, 0) is 24.0 Å². The van der Waals surface area contributed by atoms with E-state index in [2.05, 4.69) is 26.0 Å². The number of ether oxygens (including phenoxy) is 1. The lowest BCUT2D eigenvalue weighted by Gasteiger charge is -2.12. The Balaban J connectivity index is 1.79. The van der Waals surface area contributed by atoms with Crippen LogP contribution in [0.4, 0.5) is 0 Å². The highest BCUT2D eigenvalue weighted by Gasteiger charge is 2.47. The van der Waals surface area contributed by atoms with E-state index in [0.717, 1.165) is 24.0 Å². The molecule has 3 nitrogen and oxygen atoms in total. The molecule has 0 aromatic heterocycles. The largest absolute Gasteiger partial charge is 0.508 e. The summed E-state index contributed by atoms with van der Waals surface area (Å²) < 4.78 is 5.64. The summed E-state index contributed by atoms with van der Waals surface area (Å²) in [4.78, 5) is 0. The lowest BCUT2D eigenvalue weighted by atomic mass is 9.93. The molecule has 0 bridgehead atoms. The summed E-state index contributed by atoms with van der Waals surface area (Å²) in [6.45, 7) is 4.11. The molecule has 0 spiro atoms. The average Bonchev–Trinajstić information content (AvgIpc) is 3.08. The van der Waals surface area contributed by atoms with Crippen LogP contribution < -0.4 is 0 Å². The van der Waals surface area contributed by atoms with Gasteiger partial charge >= 0.3 is 0 Å². The molecule has 1 saturated heterocycles. The summed E-state index contributed by atoms with van der Waals surface area (Å²) in [6, 6.07) is 13.4. The molecule has 0 aliphatic carbocycles. The van der Waals surface area contributed by atoms with E-state index in [0.29, 0.717) is 6.42 Å². The van der Waals surface area contributed by atoms with Crippen molar-refractivity contribution in [1.29, 1.82) is 0 Å². The predicted molar refractivity (Wildman–Crippen MR) is 86.3 cm³/mol. The summed E-state index contributed by atoms with van der Waals surface area (Å²) in [5.74, 6) is 0.273. The SMILES string of the molecule is CC1(C)O[C@@H]1Cc1c(O)cc(O)cc1CCc1ccccc1. The molecule has 2 N–H and O–H groups in total. The smallest absolute Gasteiger partial charge is 0.122 e. The Hall–Kier alpha value is -2.00. The molecular formula is C19H22O3. The van der Waals surface area contributed by atoms with Crippen LogP contribution in [0.15, 0.2) is 42.5 Å². The van der Waals surface area contributed by atoms with Crippen molar-refractivity contribution in [3.63, 3.8) is 0 Å². The number of aromatic hydroxyl groups is 2. The Bertz CT molecular complexity index is 662. The molecule has 1 aliphatic rings. The van der Waals surface area contributed by atoms with Gasteiger partial charge in [0.25, 0.3) is 0 Å². The third-order valence-corrected chi connectivity index (χ3v) is 4.38. The van der Waals surface area contributed by atoms with E-state index >= 15 is 0 Å². The fourth-order valence-corrected chi connectivity index (χ4v) is 2.89. The van der Waals surface area contributed by atoms with Crippen LogP contribution in [0.1, 0.15) is 30.5 Å². The van der Waals surface area contributed by atoms with Gasteiger partial charge in [-0.2, -0.15) is 0 Å². The molecule has 1 aliphatic heterocycles. The van der Waals surface area contributed by atoms with Gasteiger partial charge in [0.05, 0.1) is 11.7 Å². The molecule has 0 radical (unpaired) electrons. The van der Waals surface area contributed by atoms with E-state index in [4.69, 9.17) is 4.74 Å². The first-order chi connectivity index (χ1) is 10.5. The van der Waals surface area contributed by atoms with E-state index in [1.165, 1.54) is 11.6 Å². The number of phenolic OH excluding ortho intramolecular Hbond substituents is 2. The molecule has 2 aromatic carbocycles. The van der Waals surface area contributed by atoms with Crippen molar-refractivity contribution >= 4 is 0 Å². The van der Waals surface area contributed by atoms with Gasteiger partial charge in [-0.3, -0.25) is 0 Å². The lowest BCUT2D eigenvalue weighted by molar-refractivity contribution is 0.322. The highest BCUT2D eigenvalue weighted by atomic mass is 16.6. The van der Waals surface area contributed by atoms with Gasteiger partial charge in [0.15, 0.2) is 0 Å². The van der Waals surface area contributed by atoms with Crippen LogP contribution in [0, 0.1) is 0 Å². The number of phenols is 2. The topological polar surface area (TPSA) is 53.0 Å². The van der Waals surface area contributed by atoms with Crippen molar-refractivity contribution in [2.45, 2.75) is 44.8 Å². The minimum Gasteiger partial charge on any atom is -0.508 e. The first-order valence-corrected chi connectivity index (χ1v) is 7.71. The highest BCUT2D eigenvalue weighted by molar-refractivity contribution is 5.46. The van der Waals surface area contributed by atoms with Crippen molar-refractivity contribution in [3.05, 3.63) is 59.2 Å². The van der Waals surface area contributed by atoms with E-state index in [1.54, 1.807) is 6.07 Å². The lowest BCUT2D eigenvalue weighted by Crippen LogP contribution is -2.08. The van der Waals surface area contributed by atoms with Gasteiger partial charge in [-0.25, -0.2) is 0 Å². The normalized spacial score (nSPS) is 19.1. The predicted octanol–water partition coefficient (Wildman–Crippen LogP) is 3.60. The number of epoxide rings is 1. The van der Waals surface area contributed by atoms with Gasteiger partial charge in [-0.1, -0.05) is 30.3 Å². The van der Waals surface area contributed by atoms with Crippen LogP contribution in [-0.4, -0.2) is 21.9 Å². The fraction of sp³-hybridized carbons (Fsp3) is 0.368. The minimum absolute atomic E-state index is 0.110. The average molecular weight is 298 g/mol. The molecule has 0 amide bonds. The molecule has 3 rings (SSSR count). The standard InChI is InChI=1S/C19H22O3/c1-19(2)18(22-19)12-16-14(10-15(20)11-17(16)21)9-8-13-6-4-3-5-7-13/h3-7,10-11,18,20-21H,8-9,12H2,1-2H3/t18-/m1/s1. The van der Waals surface area contributed by atoms with E-state index in [1.807, 2.05) is 18.2 Å². The first-order valence-electron chi connectivity index (χ1n) is 7.71. The van der Waals surface area contributed by atoms with Gasteiger partial charge in [0, 0.05) is 18.1 Å². The maximum Gasteiger partial charge on any atom is 0.122 e. The monoisotopic (exact) mass is 298 g/mol. The zero-order valence-corrected chi connectivity index (χ0v) is 13.0. The van der Waals surface area contributed by atoms with E-state index in [-0.39, 0.29) is 23.2 Å². The van der Waals surface area contributed by atoms with Crippen molar-refractivity contribution < 1.29 is 14.9 Å². The van der Waals surface area contributed by atoms with Crippen molar-refractivity contribution in [2.75, 3.05) is 0 Å². The second kappa shape index (κ2) is 5.65. The molecule has 1 fully saturated rings. The van der Waals surface area contributed by atoms with Gasteiger partial charge in [-0.15, -0.1) is 0 Å². The maximum absolute atomic E-state index is 10.2. The quantitative estimate of drug-likeness (QED) is 0.829. The van der Waals surface area contributed by atoms with Crippen LogP contribution in [0.3, 0.4) is 0 Å². The minimum atomic E-state index is -0.110. The van der Waals surface area contributed by atoms with Crippen LogP contribution >= 0.6 is 0 Å². The molecule has 1 atom stereocenters. The summed E-state index contributed by atoms with van der Waals surface area (Å²) >= 11 is 0. The number of benzene rings is 2. The molecule has 22 heavy (non-hydrogen) atoms. The number of aryl methyl sites for hydroxylation is 2.